The SMILES string of the molecule is C=C(C)C(=O)C(C)(C)OCCOC(C)(C)C(=O)C(C)(C)OCCOC(C)(C)C(=O)C(=C)C. The predicted molar refractivity (Wildman–Crippen MR) is 125 cm³/mol. The average molecular weight is 455 g/mol. The van der Waals surface area contributed by atoms with E-state index in [1.165, 1.54) is 0 Å². The molecule has 0 spiro atoms. The molecule has 0 N–H and O–H groups in total. The fraction of sp³-hybridized carbons (Fsp3) is 0.720. The summed E-state index contributed by atoms with van der Waals surface area (Å²) in [6.45, 7) is 24.4. The Morgan fingerprint density at radius 2 is 0.750 bits per heavy atom. The van der Waals surface area contributed by atoms with Gasteiger partial charge in [0.1, 0.15) is 22.4 Å². The Balaban J connectivity index is 4.69. The van der Waals surface area contributed by atoms with Crippen molar-refractivity contribution in [1.29, 1.82) is 0 Å². The molecule has 0 heterocycles. The van der Waals surface area contributed by atoms with Crippen LogP contribution in [0, 0.1) is 0 Å². The normalized spacial score (nSPS) is 13.1. The summed E-state index contributed by atoms with van der Waals surface area (Å²) in [5.74, 6) is -0.616. The molecule has 7 nitrogen and oxygen atoms in total. The van der Waals surface area contributed by atoms with Crippen molar-refractivity contribution >= 4 is 17.3 Å². The van der Waals surface area contributed by atoms with E-state index in [2.05, 4.69) is 13.2 Å². The number of ether oxygens (including phenoxy) is 4. The van der Waals surface area contributed by atoms with E-state index in [0.29, 0.717) is 11.1 Å². The van der Waals surface area contributed by atoms with Gasteiger partial charge < -0.3 is 18.9 Å². The van der Waals surface area contributed by atoms with Crippen LogP contribution in [0.4, 0.5) is 0 Å². The topological polar surface area (TPSA) is 88.1 Å². The number of hydrogen-bond donors (Lipinski definition) is 0. The highest BCUT2D eigenvalue weighted by atomic mass is 16.6. The first-order valence-electron chi connectivity index (χ1n) is 10.8. The van der Waals surface area contributed by atoms with Crippen molar-refractivity contribution in [2.45, 2.75) is 91.6 Å². The molecule has 0 rings (SSSR count). The first-order valence-corrected chi connectivity index (χ1v) is 10.8. The third-order valence-corrected chi connectivity index (χ3v) is 4.98. The molecule has 0 aromatic rings. The van der Waals surface area contributed by atoms with Crippen molar-refractivity contribution < 1.29 is 33.3 Å². The Hall–Kier alpha value is -1.67. The van der Waals surface area contributed by atoms with Gasteiger partial charge in [0.05, 0.1) is 26.4 Å². The second kappa shape index (κ2) is 11.5. The quantitative estimate of drug-likeness (QED) is 0.257. The third kappa shape index (κ3) is 9.06. The van der Waals surface area contributed by atoms with Gasteiger partial charge >= 0.3 is 0 Å². The van der Waals surface area contributed by atoms with Gasteiger partial charge in [-0.05, 0) is 80.4 Å². The second-order valence-electron chi connectivity index (χ2n) is 9.98. The highest BCUT2D eigenvalue weighted by Gasteiger charge is 2.41. The van der Waals surface area contributed by atoms with Gasteiger partial charge in [-0.1, -0.05) is 13.2 Å². The standard InChI is InChI=1S/C25H42O7/c1-17(2)19(26)22(5,6)29-13-15-31-24(9,10)21(28)25(11,12)32-16-14-30-23(7,8)20(27)18(3)4/h1,3,13-16H2,2,4-12H3. The largest absolute Gasteiger partial charge is 0.365 e. The molecule has 0 saturated heterocycles. The number of ketones is 3. The van der Waals surface area contributed by atoms with E-state index >= 15 is 0 Å². The Labute approximate surface area is 193 Å². The lowest BCUT2D eigenvalue weighted by atomic mass is 9.90. The zero-order valence-electron chi connectivity index (χ0n) is 21.6. The summed E-state index contributed by atoms with van der Waals surface area (Å²) >= 11 is 0. The van der Waals surface area contributed by atoms with Crippen molar-refractivity contribution in [2.75, 3.05) is 26.4 Å². The van der Waals surface area contributed by atoms with Gasteiger partial charge in [0.2, 0.25) is 0 Å². The highest BCUT2D eigenvalue weighted by Crippen LogP contribution is 2.23. The predicted octanol–water partition coefficient (Wildman–Crippen LogP) is 4.03. The van der Waals surface area contributed by atoms with Gasteiger partial charge in [0.15, 0.2) is 17.3 Å². The summed E-state index contributed by atoms with van der Waals surface area (Å²) < 4.78 is 22.8. The number of carbonyl (C=O) groups is 3. The maximum Gasteiger partial charge on any atom is 0.195 e. The molecular weight excluding hydrogens is 412 g/mol. The third-order valence-electron chi connectivity index (χ3n) is 4.98. The minimum absolute atomic E-state index is 0.127. The Morgan fingerprint density at radius 1 is 0.531 bits per heavy atom. The van der Waals surface area contributed by atoms with Crippen molar-refractivity contribution in [2.24, 2.45) is 0 Å². The fourth-order valence-electron chi connectivity index (χ4n) is 3.20. The Morgan fingerprint density at radius 3 is 0.969 bits per heavy atom. The van der Waals surface area contributed by atoms with Crippen molar-refractivity contribution in [3.05, 3.63) is 24.3 Å². The van der Waals surface area contributed by atoms with Crippen LogP contribution < -0.4 is 0 Å². The van der Waals surface area contributed by atoms with Crippen LogP contribution in [0.2, 0.25) is 0 Å². The van der Waals surface area contributed by atoms with Crippen LogP contribution in [0.5, 0.6) is 0 Å². The minimum atomic E-state index is -1.13. The summed E-state index contributed by atoms with van der Waals surface area (Å²) in [7, 11) is 0. The fourth-order valence-corrected chi connectivity index (χ4v) is 3.20. The molecule has 32 heavy (non-hydrogen) atoms. The molecule has 7 heteroatoms. The van der Waals surface area contributed by atoms with E-state index < -0.39 is 22.4 Å². The highest BCUT2D eigenvalue weighted by molar-refractivity contribution is 6.00. The van der Waals surface area contributed by atoms with Gasteiger partial charge in [0, 0.05) is 0 Å². The van der Waals surface area contributed by atoms with Crippen molar-refractivity contribution in [3.8, 4) is 0 Å². The Kier molecular flexibility index (Phi) is 10.9. The minimum Gasteiger partial charge on any atom is -0.365 e. The monoisotopic (exact) mass is 454 g/mol. The van der Waals surface area contributed by atoms with Gasteiger partial charge in [-0.15, -0.1) is 0 Å². The second-order valence-corrected chi connectivity index (χ2v) is 9.98. The van der Waals surface area contributed by atoms with Crippen LogP contribution >= 0.6 is 0 Å². The smallest absolute Gasteiger partial charge is 0.195 e. The number of hydrogen-bond acceptors (Lipinski definition) is 7. The average Bonchev–Trinajstić information content (AvgIpc) is 2.66. The van der Waals surface area contributed by atoms with E-state index in [1.54, 1.807) is 69.2 Å². The first kappa shape index (κ1) is 30.3. The van der Waals surface area contributed by atoms with Crippen LogP contribution in [-0.4, -0.2) is 66.2 Å². The first-order chi connectivity index (χ1) is 14.3. The lowest BCUT2D eigenvalue weighted by Gasteiger charge is -2.34. The van der Waals surface area contributed by atoms with E-state index in [4.69, 9.17) is 18.9 Å². The molecule has 0 aliphatic heterocycles. The maximum absolute atomic E-state index is 13.0. The molecule has 0 saturated carbocycles. The zero-order valence-corrected chi connectivity index (χ0v) is 21.6. The maximum atomic E-state index is 13.0. The number of rotatable bonds is 16. The molecular formula is C25H42O7. The molecule has 0 atom stereocenters. The Bertz CT molecular complexity index is 667. The van der Waals surface area contributed by atoms with Gasteiger partial charge in [-0.2, -0.15) is 0 Å². The summed E-state index contributed by atoms with van der Waals surface area (Å²) in [5.41, 5.74) is -3.45. The molecule has 0 bridgehead atoms. The summed E-state index contributed by atoms with van der Waals surface area (Å²) in [6, 6.07) is 0. The van der Waals surface area contributed by atoms with E-state index in [9.17, 15) is 14.4 Å². The van der Waals surface area contributed by atoms with Gasteiger partial charge in [-0.25, -0.2) is 0 Å². The molecule has 0 aliphatic carbocycles. The van der Waals surface area contributed by atoms with E-state index in [1.807, 2.05) is 0 Å². The van der Waals surface area contributed by atoms with Crippen molar-refractivity contribution in [1.82, 2.24) is 0 Å². The molecule has 0 unspecified atom stereocenters. The van der Waals surface area contributed by atoms with Crippen LogP contribution in [0.25, 0.3) is 0 Å². The molecule has 0 aromatic carbocycles. The summed E-state index contributed by atoms with van der Waals surface area (Å²) in [4.78, 5) is 37.2. The summed E-state index contributed by atoms with van der Waals surface area (Å²) in [5, 5.41) is 0. The molecule has 0 radical (unpaired) electrons. The molecule has 0 fully saturated rings. The van der Waals surface area contributed by atoms with Crippen LogP contribution in [-0.2, 0) is 33.3 Å². The lowest BCUT2D eigenvalue weighted by molar-refractivity contribution is -0.169. The van der Waals surface area contributed by atoms with Crippen LogP contribution in [0.15, 0.2) is 24.3 Å². The van der Waals surface area contributed by atoms with Crippen LogP contribution in [0.3, 0.4) is 0 Å². The van der Waals surface area contributed by atoms with E-state index in [-0.39, 0.29) is 43.8 Å². The van der Waals surface area contributed by atoms with Gasteiger partial charge in [-0.3, -0.25) is 14.4 Å². The molecule has 184 valence electrons. The van der Waals surface area contributed by atoms with E-state index in [0.717, 1.165) is 0 Å². The molecule has 0 aromatic heterocycles. The van der Waals surface area contributed by atoms with Crippen LogP contribution in [0.1, 0.15) is 69.2 Å². The molecule has 0 aliphatic rings. The van der Waals surface area contributed by atoms with Gasteiger partial charge in [0.25, 0.3) is 0 Å². The number of carbonyl (C=O) groups excluding carboxylic acids is 3. The number of Topliss-reactive ketones (excluding diaryl/α,β-unsaturated/α-hetero) is 3. The lowest BCUT2D eigenvalue weighted by Crippen LogP contribution is -2.50. The summed E-state index contributed by atoms with van der Waals surface area (Å²) in [6.07, 6.45) is 0. The molecule has 0 amide bonds. The van der Waals surface area contributed by atoms with Crippen molar-refractivity contribution in [3.63, 3.8) is 0 Å². The zero-order chi connectivity index (χ0) is 25.5.